The van der Waals surface area contributed by atoms with Crippen LogP contribution in [0.5, 0.6) is 0 Å². The van der Waals surface area contributed by atoms with Crippen molar-refractivity contribution >= 4 is 26.8 Å². The molecule has 0 atom stereocenters. The second-order valence-corrected chi connectivity index (χ2v) is 18.7. The van der Waals surface area contributed by atoms with Crippen LogP contribution in [-0.4, -0.2) is 16.5 Å². The summed E-state index contributed by atoms with van der Waals surface area (Å²) in [5.41, 5.74) is 0.0844. The normalized spacial score (nSPS) is 16.7. The fourth-order valence-corrected chi connectivity index (χ4v) is 15.6. The molecular formula is C24H33NSi2. The van der Waals surface area contributed by atoms with Crippen LogP contribution < -0.4 is 15.0 Å². The van der Waals surface area contributed by atoms with Crippen molar-refractivity contribution in [3.8, 4) is 0 Å². The number of hydrogen-bond donors (Lipinski definition) is 1. The second kappa shape index (κ2) is 7.04. The summed E-state index contributed by atoms with van der Waals surface area (Å²) in [5.74, 6) is 0. The molecule has 2 aromatic carbocycles. The number of rotatable bonds is 5. The first-order chi connectivity index (χ1) is 12.6. The Hall–Kier alpha value is -1.69. The molecule has 1 nitrogen and oxygen atoms in total. The Balaban J connectivity index is 2.45. The van der Waals surface area contributed by atoms with Crippen molar-refractivity contribution in [3.63, 3.8) is 0 Å². The molecule has 0 aromatic heterocycles. The van der Waals surface area contributed by atoms with E-state index in [1.54, 1.807) is 0 Å². The number of nitrogens with one attached hydrogen (secondary N) is 1. The van der Waals surface area contributed by atoms with Crippen molar-refractivity contribution in [3.05, 3.63) is 85.0 Å². The highest BCUT2D eigenvalue weighted by Crippen LogP contribution is 2.56. The molecule has 0 aliphatic heterocycles. The Kier molecular flexibility index (Phi) is 5.23. The molecule has 0 saturated carbocycles. The lowest BCUT2D eigenvalue weighted by Gasteiger charge is -2.55. The largest absolute Gasteiger partial charge is 0.352 e. The van der Waals surface area contributed by atoms with E-state index < -0.39 is 16.5 Å². The van der Waals surface area contributed by atoms with Gasteiger partial charge >= 0.3 is 0 Å². The van der Waals surface area contributed by atoms with Gasteiger partial charge in [-0.25, -0.2) is 0 Å². The maximum atomic E-state index is 4.37. The molecule has 1 N–H and O–H groups in total. The lowest BCUT2D eigenvalue weighted by molar-refractivity contribution is 0.350. The molecule has 27 heavy (non-hydrogen) atoms. The Labute approximate surface area is 167 Å². The molecule has 1 aliphatic rings. The van der Waals surface area contributed by atoms with Gasteiger partial charge in [-0.05, 0) is 15.8 Å². The van der Waals surface area contributed by atoms with E-state index in [0.29, 0.717) is 0 Å². The fourth-order valence-electron chi connectivity index (χ4n) is 4.61. The van der Waals surface area contributed by atoms with Crippen molar-refractivity contribution in [1.82, 2.24) is 4.65 Å². The van der Waals surface area contributed by atoms with Crippen molar-refractivity contribution in [2.24, 2.45) is 5.41 Å². The number of allylic oxidation sites excluding steroid dienone is 4. The summed E-state index contributed by atoms with van der Waals surface area (Å²) < 4.78 is 4.37. The van der Waals surface area contributed by atoms with E-state index in [9.17, 15) is 0 Å². The van der Waals surface area contributed by atoms with E-state index in [0.717, 1.165) is 0 Å². The van der Waals surface area contributed by atoms with E-state index in [1.807, 2.05) is 0 Å². The molecule has 0 radical (unpaired) electrons. The molecule has 0 fully saturated rings. The smallest absolute Gasteiger partial charge is 0.197 e. The minimum absolute atomic E-state index is 0.0387. The third-order valence-electron chi connectivity index (χ3n) is 5.67. The molecule has 0 bridgehead atoms. The number of benzene rings is 2. The molecule has 3 rings (SSSR count). The van der Waals surface area contributed by atoms with E-state index in [1.165, 1.54) is 10.4 Å². The molecule has 0 saturated heterocycles. The van der Waals surface area contributed by atoms with E-state index >= 15 is 0 Å². The van der Waals surface area contributed by atoms with E-state index in [4.69, 9.17) is 0 Å². The third kappa shape index (κ3) is 3.44. The average Bonchev–Trinajstić information content (AvgIpc) is 3.12. The molecule has 0 heterocycles. The minimum atomic E-state index is -2.40. The summed E-state index contributed by atoms with van der Waals surface area (Å²) in [6.07, 6.45) is 9.47. The summed E-state index contributed by atoms with van der Waals surface area (Å²) in [4.78, 5) is 0. The highest BCUT2D eigenvalue weighted by atomic mass is 28.4. The van der Waals surface area contributed by atoms with Gasteiger partial charge in [0.1, 0.15) is 8.24 Å². The lowest BCUT2D eigenvalue weighted by atomic mass is 9.80. The lowest BCUT2D eigenvalue weighted by Crippen LogP contribution is -2.80. The highest BCUT2D eigenvalue weighted by molar-refractivity contribution is 7.09. The maximum Gasteiger partial charge on any atom is 0.197 e. The zero-order valence-electron chi connectivity index (χ0n) is 17.6. The summed E-state index contributed by atoms with van der Waals surface area (Å²) >= 11 is 0. The first-order valence-corrected chi connectivity index (χ1v) is 15.4. The van der Waals surface area contributed by atoms with Crippen LogP contribution in [-0.2, 0) is 0 Å². The Morgan fingerprint density at radius 1 is 0.704 bits per heavy atom. The summed E-state index contributed by atoms with van der Waals surface area (Å²) in [6, 6.07) is 22.4. The molecule has 0 unspecified atom stereocenters. The minimum Gasteiger partial charge on any atom is -0.352 e. The van der Waals surface area contributed by atoms with Crippen LogP contribution in [0.4, 0.5) is 0 Å². The molecule has 2 aromatic rings. The average molecular weight is 392 g/mol. The Morgan fingerprint density at radius 2 is 1.11 bits per heavy atom. The van der Waals surface area contributed by atoms with Gasteiger partial charge < -0.3 is 4.65 Å². The van der Waals surface area contributed by atoms with E-state index in [2.05, 4.69) is 130 Å². The van der Waals surface area contributed by atoms with Crippen LogP contribution in [0, 0.1) is 5.41 Å². The quantitative estimate of drug-likeness (QED) is 0.701. The SMILES string of the molecule is CC(C)(C)C1([Si](N[Si](C)(C)C)(c2ccccc2)c2ccccc2)C=CC=C1. The molecule has 142 valence electrons. The number of hydrogen-bond acceptors (Lipinski definition) is 1. The summed E-state index contributed by atoms with van der Waals surface area (Å²) in [5, 5.41) is 2.89. The Bertz CT molecular complexity index is 773. The standard InChI is InChI=1S/C24H33NSi2/c1-23(2,3)24(19-13-14-20-24)27(25-26(4,5)6,21-15-9-7-10-16-21)22-17-11-8-12-18-22/h7-20,25H,1-6H3. The molecule has 0 amide bonds. The zero-order valence-corrected chi connectivity index (χ0v) is 19.6. The van der Waals surface area contributed by atoms with Crippen LogP contribution in [0.1, 0.15) is 20.8 Å². The van der Waals surface area contributed by atoms with Crippen molar-refractivity contribution in [2.75, 3.05) is 0 Å². The topological polar surface area (TPSA) is 12.0 Å². The van der Waals surface area contributed by atoms with Gasteiger partial charge in [0.05, 0.1) is 0 Å². The van der Waals surface area contributed by atoms with E-state index in [-0.39, 0.29) is 10.5 Å². The van der Waals surface area contributed by atoms with Crippen molar-refractivity contribution < 1.29 is 0 Å². The van der Waals surface area contributed by atoms with Crippen LogP contribution in [0.3, 0.4) is 0 Å². The highest BCUT2D eigenvalue weighted by Gasteiger charge is 2.60. The van der Waals surface area contributed by atoms with Crippen LogP contribution >= 0.6 is 0 Å². The second-order valence-electron chi connectivity index (χ2n) is 9.69. The Morgan fingerprint density at radius 3 is 1.44 bits per heavy atom. The fraction of sp³-hybridized carbons (Fsp3) is 0.333. The first kappa shape index (κ1) is 20.1. The van der Waals surface area contributed by atoms with Gasteiger partial charge in [0.25, 0.3) is 0 Å². The van der Waals surface area contributed by atoms with Crippen LogP contribution in [0.2, 0.25) is 24.7 Å². The van der Waals surface area contributed by atoms with Gasteiger partial charge in [-0.2, -0.15) is 0 Å². The zero-order chi connectivity index (χ0) is 19.8. The predicted octanol–water partition coefficient (Wildman–Crippen LogP) is 5.08. The van der Waals surface area contributed by atoms with Gasteiger partial charge in [0.2, 0.25) is 0 Å². The van der Waals surface area contributed by atoms with Gasteiger partial charge in [-0.15, -0.1) is 0 Å². The van der Waals surface area contributed by atoms with Crippen LogP contribution in [0.15, 0.2) is 85.0 Å². The molecule has 0 spiro atoms. The van der Waals surface area contributed by atoms with Gasteiger partial charge in [0.15, 0.2) is 8.24 Å². The van der Waals surface area contributed by atoms with Crippen molar-refractivity contribution in [1.29, 1.82) is 0 Å². The molecule has 3 heteroatoms. The first-order valence-electron chi connectivity index (χ1n) is 9.90. The maximum absolute atomic E-state index is 4.37. The van der Waals surface area contributed by atoms with Gasteiger partial charge in [-0.1, -0.05) is 125 Å². The molecule has 1 aliphatic carbocycles. The third-order valence-corrected chi connectivity index (χ3v) is 14.9. The summed E-state index contributed by atoms with van der Waals surface area (Å²) in [6.45, 7) is 14.5. The summed E-state index contributed by atoms with van der Waals surface area (Å²) in [7, 11) is -4.01. The van der Waals surface area contributed by atoms with Crippen molar-refractivity contribution in [2.45, 2.75) is 45.5 Å². The van der Waals surface area contributed by atoms with Crippen LogP contribution in [0.25, 0.3) is 0 Å². The van der Waals surface area contributed by atoms with Gasteiger partial charge in [-0.3, -0.25) is 0 Å². The molecular weight excluding hydrogens is 358 g/mol. The predicted molar refractivity (Wildman–Crippen MR) is 125 cm³/mol. The van der Waals surface area contributed by atoms with Gasteiger partial charge in [0, 0.05) is 5.04 Å². The monoisotopic (exact) mass is 391 g/mol.